The molecule has 0 unspecified atom stereocenters. The highest BCUT2D eigenvalue weighted by atomic mass is 14.5. The van der Waals surface area contributed by atoms with E-state index >= 15 is 0 Å². The summed E-state index contributed by atoms with van der Waals surface area (Å²) in [5, 5.41) is 0. The van der Waals surface area contributed by atoms with Gasteiger partial charge in [0.25, 0.3) is 0 Å². The van der Waals surface area contributed by atoms with E-state index in [9.17, 15) is 0 Å². The van der Waals surface area contributed by atoms with E-state index in [2.05, 4.69) is 12.7 Å². The molecule has 0 aliphatic heterocycles. The first-order valence-corrected chi connectivity index (χ1v) is 5.06. The highest BCUT2D eigenvalue weighted by molar-refractivity contribution is 4.45. The van der Waals surface area contributed by atoms with Crippen LogP contribution < -0.4 is 5.73 Å². The van der Waals surface area contributed by atoms with Crippen LogP contribution in [0.4, 0.5) is 0 Å². The van der Waals surface area contributed by atoms with Crippen molar-refractivity contribution < 1.29 is 1.41 Å². The van der Waals surface area contributed by atoms with Gasteiger partial charge in [-0.25, -0.2) is 0 Å². The number of nitrogens with two attached hydrogens (primary N) is 1. The molecule has 0 aromatic heterocycles. The van der Waals surface area contributed by atoms with Crippen LogP contribution in [0.5, 0.6) is 0 Å². The summed E-state index contributed by atoms with van der Waals surface area (Å²) < 4.78 is 6.72. The van der Waals surface area contributed by atoms with Gasteiger partial charge in [0.15, 0.2) is 0 Å². The first-order chi connectivity index (χ1) is 5.91. The third kappa shape index (κ3) is 9.96. The zero-order valence-electron chi connectivity index (χ0n) is 8.86. The average Bonchev–Trinajstić information content (AvgIpc) is 2.10. The van der Waals surface area contributed by atoms with Crippen LogP contribution in [-0.4, -0.2) is 6.54 Å². The number of hydrogen-bond acceptors (Lipinski definition) is 1. The molecule has 11 heavy (non-hydrogen) atoms. The Morgan fingerprint density at radius 3 is 2.00 bits per heavy atom. The molecule has 0 heterocycles. The Kier molecular flexibility index (Phi) is 8.20. The zero-order valence-corrected chi connectivity index (χ0v) is 7.86. The molecule has 0 aliphatic carbocycles. The Hall–Kier alpha value is -0.0400. The summed E-state index contributed by atoms with van der Waals surface area (Å²) >= 11 is 0. The van der Waals surface area contributed by atoms with Crippen LogP contribution in [0.15, 0.2) is 0 Å². The Bertz CT molecular complexity index is 66.2. The van der Waals surface area contributed by atoms with Crippen molar-refractivity contribution in [2.75, 3.05) is 6.54 Å². The van der Waals surface area contributed by atoms with Crippen molar-refractivity contribution in [2.45, 2.75) is 58.3 Å². The normalized spacial score (nSPS) is 11.5. The van der Waals surface area contributed by atoms with Gasteiger partial charge in [-0.3, -0.25) is 0 Å². The van der Waals surface area contributed by atoms with Gasteiger partial charge in [-0.1, -0.05) is 51.9 Å². The fourth-order valence-corrected chi connectivity index (χ4v) is 1.26. The standard InChI is InChI=1S/C10H23N/c1-2-3-4-5-6-7-8-9-10-11/h2-11H2,1H3/i/hD. The smallest absolute Gasteiger partial charge is 0.118 e. The van der Waals surface area contributed by atoms with Gasteiger partial charge in [0, 0.05) is 0 Å². The molecule has 1 heteroatoms. The van der Waals surface area contributed by atoms with Gasteiger partial charge in [-0.15, -0.1) is 0 Å². The summed E-state index contributed by atoms with van der Waals surface area (Å²) in [6, 6.07) is 0. The number of rotatable bonds is 9. The molecular formula is C10H23N. The molecule has 0 aliphatic rings. The van der Waals surface area contributed by atoms with Crippen molar-refractivity contribution >= 4 is 0 Å². The molecule has 0 atom stereocenters. The summed E-state index contributed by atoms with van der Waals surface area (Å²) in [5.41, 5.74) is 2.43. The van der Waals surface area contributed by atoms with Gasteiger partial charge in [-0.05, 0) is 13.0 Å². The molecule has 0 aromatic rings. The van der Waals surface area contributed by atoms with E-state index in [0.717, 1.165) is 13.0 Å². The Morgan fingerprint density at radius 1 is 0.909 bits per heavy atom. The van der Waals surface area contributed by atoms with Crippen LogP contribution in [0, 0.1) is 0 Å². The lowest BCUT2D eigenvalue weighted by Crippen LogP contribution is -1.97. The molecular weight excluding hydrogens is 134 g/mol. The second kappa shape index (κ2) is 9.96. The highest BCUT2D eigenvalue weighted by Gasteiger charge is 1.89. The Balaban J connectivity index is 2.73. The van der Waals surface area contributed by atoms with Crippen molar-refractivity contribution in [2.24, 2.45) is 5.73 Å². The minimum Gasteiger partial charge on any atom is -0.330 e. The van der Waals surface area contributed by atoms with Gasteiger partial charge in [0.2, 0.25) is 0 Å². The second-order valence-corrected chi connectivity index (χ2v) is 3.22. The van der Waals surface area contributed by atoms with Crippen molar-refractivity contribution in [3.05, 3.63) is 0 Å². The van der Waals surface area contributed by atoms with Crippen LogP contribution in [0.2, 0.25) is 1.41 Å². The molecule has 0 bridgehead atoms. The third-order valence-corrected chi connectivity index (χ3v) is 2.03. The van der Waals surface area contributed by atoms with E-state index in [1.54, 1.807) is 0 Å². The van der Waals surface area contributed by atoms with E-state index in [1.807, 2.05) is 0 Å². The van der Waals surface area contributed by atoms with Crippen molar-refractivity contribution in [1.82, 2.24) is 0 Å². The minimum absolute atomic E-state index is 0.856. The lowest BCUT2D eigenvalue weighted by molar-refractivity contribution is 0.578. The molecule has 0 radical (unpaired) electrons. The van der Waals surface area contributed by atoms with Crippen LogP contribution in [0.1, 0.15) is 58.3 Å². The monoisotopic (exact) mass is 158 g/mol. The highest BCUT2D eigenvalue weighted by Crippen LogP contribution is 2.07. The first-order valence-electron chi connectivity index (χ1n) is 5.56. The minimum atomic E-state index is 0.856. The first kappa shape index (κ1) is 9.05. The quantitative estimate of drug-likeness (QED) is 0.513. The molecule has 2 N–H and O–H groups in total. The largest absolute Gasteiger partial charge is 0.330 e. The maximum Gasteiger partial charge on any atom is 0.118 e. The van der Waals surface area contributed by atoms with Crippen LogP contribution in [0.25, 0.3) is 0 Å². The maximum absolute atomic E-state index is 6.72. The Morgan fingerprint density at radius 2 is 1.45 bits per heavy atom. The molecule has 1 nitrogen and oxygen atoms in total. The van der Waals surface area contributed by atoms with Crippen molar-refractivity contribution in [1.29, 1.82) is 0 Å². The van der Waals surface area contributed by atoms with E-state index < -0.39 is 0 Å². The van der Waals surface area contributed by atoms with Gasteiger partial charge in [-0.2, -0.15) is 0 Å². The second-order valence-electron chi connectivity index (χ2n) is 3.22. The van der Waals surface area contributed by atoms with E-state index in [4.69, 9.17) is 1.41 Å². The van der Waals surface area contributed by atoms with Crippen LogP contribution in [0.3, 0.4) is 0 Å². The fraction of sp³-hybridized carbons (Fsp3) is 1.00. The number of hydrogen-bond donors (Lipinski definition) is 1. The molecule has 0 amide bonds. The molecule has 0 saturated heterocycles. The van der Waals surface area contributed by atoms with E-state index in [0.29, 0.717) is 0 Å². The zero-order chi connectivity index (χ0) is 9.07. The summed E-state index contributed by atoms with van der Waals surface area (Å²) in [5.74, 6) is 0. The number of unbranched alkanes of at least 4 members (excludes halogenated alkanes) is 7. The summed E-state index contributed by atoms with van der Waals surface area (Å²) in [7, 11) is 0. The Labute approximate surface area is 72.8 Å². The van der Waals surface area contributed by atoms with Gasteiger partial charge in [0.05, 0.1) is 0 Å². The molecule has 0 rings (SSSR count). The van der Waals surface area contributed by atoms with Gasteiger partial charge >= 0.3 is 0 Å². The maximum atomic E-state index is 6.72. The lowest BCUT2D eigenvalue weighted by atomic mass is 10.1. The van der Waals surface area contributed by atoms with Crippen molar-refractivity contribution in [3.63, 3.8) is 0 Å². The summed E-state index contributed by atoms with van der Waals surface area (Å²) in [6.45, 7) is 3.11. The fourth-order valence-electron chi connectivity index (χ4n) is 1.26. The summed E-state index contributed by atoms with van der Waals surface area (Å²) in [4.78, 5) is 0. The van der Waals surface area contributed by atoms with Crippen LogP contribution in [-0.2, 0) is 0 Å². The van der Waals surface area contributed by atoms with Gasteiger partial charge < -0.3 is 5.73 Å². The molecule has 0 fully saturated rings. The molecule has 0 saturated carbocycles. The lowest BCUT2D eigenvalue weighted by Gasteiger charge is -1.99. The van der Waals surface area contributed by atoms with E-state index in [1.165, 1.54) is 44.9 Å². The SMILES string of the molecule is [2H]NCCCCCCCCCC. The van der Waals surface area contributed by atoms with Crippen LogP contribution >= 0.6 is 0 Å². The van der Waals surface area contributed by atoms with Crippen molar-refractivity contribution in [3.8, 4) is 0 Å². The molecule has 68 valence electrons. The third-order valence-electron chi connectivity index (χ3n) is 2.03. The predicted octanol–water partition coefficient (Wildman–Crippen LogP) is 3.09. The molecule has 0 spiro atoms. The molecule has 0 aromatic carbocycles. The van der Waals surface area contributed by atoms with E-state index in [-0.39, 0.29) is 0 Å². The average molecular weight is 158 g/mol. The topological polar surface area (TPSA) is 26.0 Å². The summed E-state index contributed by atoms with van der Waals surface area (Å²) in [6.07, 6.45) is 10.7. The van der Waals surface area contributed by atoms with Gasteiger partial charge in [0.1, 0.15) is 1.41 Å². The predicted molar refractivity (Wildman–Crippen MR) is 51.7 cm³/mol.